The Kier molecular flexibility index (Phi) is 6.54. The first kappa shape index (κ1) is 20.6. The molecule has 0 bridgehead atoms. The molecule has 148 valence electrons. The van der Waals surface area contributed by atoms with E-state index in [2.05, 4.69) is 0 Å². The quantitative estimate of drug-likeness (QED) is 0.671. The molecule has 1 aliphatic rings. The van der Waals surface area contributed by atoms with Crippen LogP contribution in [0.15, 0.2) is 36.4 Å². The van der Waals surface area contributed by atoms with Gasteiger partial charge >= 0.3 is 0 Å². The highest BCUT2D eigenvalue weighted by Gasteiger charge is 2.27. The molecule has 1 amide bonds. The van der Waals surface area contributed by atoms with E-state index < -0.39 is 11.9 Å². The number of rotatable bonds is 5. The maximum Gasteiger partial charge on any atom is 0.255 e. The summed E-state index contributed by atoms with van der Waals surface area (Å²) >= 11 is 12.1. The van der Waals surface area contributed by atoms with Gasteiger partial charge in [0.05, 0.1) is 29.3 Å². The monoisotopic (exact) mass is 425 g/mol. The van der Waals surface area contributed by atoms with Gasteiger partial charge < -0.3 is 14.4 Å². The van der Waals surface area contributed by atoms with Crippen molar-refractivity contribution in [2.24, 2.45) is 0 Å². The Morgan fingerprint density at radius 3 is 2.75 bits per heavy atom. The minimum atomic E-state index is -0.512. The maximum absolute atomic E-state index is 13.4. The fraction of sp³-hybridized carbons (Fsp3) is 0.300. The summed E-state index contributed by atoms with van der Waals surface area (Å²) in [6, 6.07) is 8.49. The van der Waals surface area contributed by atoms with Crippen LogP contribution in [0.2, 0.25) is 10.0 Å². The predicted octanol–water partition coefficient (Wildman–Crippen LogP) is 4.26. The highest BCUT2D eigenvalue weighted by Crippen LogP contribution is 2.24. The van der Waals surface area contributed by atoms with Crippen LogP contribution in [0.1, 0.15) is 27.6 Å². The van der Waals surface area contributed by atoms with Gasteiger partial charge in [0, 0.05) is 11.6 Å². The second-order valence-electron chi connectivity index (χ2n) is 6.38. The largest absolute Gasteiger partial charge is 0.490 e. The third kappa shape index (κ3) is 4.82. The zero-order chi connectivity index (χ0) is 20.3. The van der Waals surface area contributed by atoms with Gasteiger partial charge in [-0.25, -0.2) is 4.39 Å². The molecule has 5 nitrogen and oxygen atoms in total. The molecule has 1 saturated heterocycles. The van der Waals surface area contributed by atoms with E-state index in [0.29, 0.717) is 28.8 Å². The van der Waals surface area contributed by atoms with Crippen molar-refractivity contribution in [3.05, 3.63) is 63.4 Å². The smallest absolute Gasteiger partial charge is 0.255 e. The fourth-order valence-electron chi connectivity index (χ4n) is 2.92. The Bertz CT molecular complexity index is 906. The fourth-order valence-corrected chi connectivity index (χ4v) is 3.29. The molecule has 1 fully saturated rings. The zero-order valence-electron chi connectivity index (χ0n) is 15.1. The van der Waals surface area contributed by atoms with Crippen LogP contribution >= 0.6 is 23.2 Å². The highest BCUT2D eigenvalue weighted by atomic mass is 35.5. The second kappa shape index (κ2) is 8.90. The summed E-state index contributed by atoms with van der Waals surface area (Å²) in [6.07, 6.45) is -0.402. The Morgan fingerprint density at radius 2 is 2.00 bits per heavy atom. The van der Waals surface area contributed by atoms with E-state index in [1.807, 2.05) is 0 Å². The van der Waals surface area contributed by atoms with E-state index in [9.17, 15) is 14.0 Å². The van der Waals surface area contributed by atoms with E-state index in [4.69, 9.17) is 32.7 Å². The van der Waals surface area contributed by atoms with Gasteiger partial charge in [-0.1, -0.05) is 23.2 Å². The van der Waals surface area contributed by atoms with Crippen molar-refractivity contribution in [2.75, 3.05) is 26.3 Å². The van der Waals surface area contributed by atoms with Crippen molar-refractivity contribution < 1.29 is 23.5 Å². The first-order valence-electron chi connectivity index (χ1n) is 8.64. The summed E-state index contributed by atoms with van der Waals surface area (Å²) < 4.78 is 24.7. The number of ether oxygens (including phenoxy) is 2. The number of amides is 1. The number of carbonyl (C=O) groups excluding carboxylic acids is 2. The third-order valence-corrected chi connectivity index (χ3v) is 4.90. The molecule has 0 aromatic heterocycles. The Labute approximate surface area is 171 Å². The van der Waals surface area contributed by atoms with E-state index in [-0.39, 0.29) is 36.2 Å². The molecule has 1 heterocycles. The van der Waals surface area contributed by atoms with Crippen LogP contribution < -0.4 is 4.74 Å². The van der Waals surface area contributed by atoms with E-state index in [0.717, 1.165) is 6.07 Å². The lowest BCUT2D eigenvalue weighted by Gasteiger charge is -2.33. The number of carbonyl (C=O) groups is 2. The third-order valence-electron chi connectivity index (χ3n) is 4.33. The first-order chi connectivity index (χ1) is 13.3. The van der Waals surface area contributed by atoms with Crippen molar-refractivity contribution >= 4 is 34.9 Å². The van der Waals surface area contributed by atoms with Gasteiger partial charge in [-0.3, -0.25) is 9.59 Å². The van der Waals surface area contributed by atoms with Crippen LogP contribution in [0.4, 0.5) is 4.39 Å². The molecule has 2 aromatic rings. The van der Waals surface area contributed by atoms with Crippen molar-refractivity contribution in [3.8, 4) is 5.75 Å². The molecule has 0 saturated carbocycles. The molecular weight excluding hydrogens is 408 g/mol. The number of benzene rings is 2. The number of ketones is 1. The number of halogens is 3. The summed E-state index contributed by atoms with van der Waals surface area (Å²) in [5.41, 5.74) is 0.489. The van der Waals surface area contributed by atoms with E-state index in [1.54, 1.807) is 17.0 Å². The molecule has 3 rings (SSSR count). The van der Waals surface area contributed by atoms with Gasteiger partial charge in [0.15, 0.2) is 5.78 Å². The van der Waals surface area contributed by atoms with E-state index in [1.165, 1.54) is 25.1 Å². The molecule has 2 aromatic carbocycles. The molecule has 0 N–H and O–H groups in total. The average molecular weight is 426 g/mol. The summed E-state index contributed by atoms with van der Waals surface area (Å²) in [7, 11) is 0. The molecule has 1 aliphatic heterocycles. The van der Waals surface area contributed by atoms with Crippen LogP contribution in [-0.4, -0.2) is 49.0 Å². The van der Waals surface area contributed by atoms with Gasteiger partial charge in [0.1, 0.15) is 24.3 Å². The topological polar surface area (TPSA) is 55.8 Å². The van der Waals surface area contributed by atoms with Gasteiger partial charge in [-0.2, -0.15) is 0 Å². The van der Waals surface area contributed by atoms with Crippen molar-refractivity contribution in [1.82, 2.24) is 4.90 Å². The Morgan fingerprint density at radius 1 is 1.21 bits per heavy atom. The van der Waals surface area contributed by atoms with Gasteiger partial charge in [0.2, 0.25) is 0 Å². The second-order valence-corrected chi connectivity index (χ2v) is 7.22. The average Bonchev–Trinajstić information content (AvgIpc) is 2.68. The molecule has 8 heteroatoms. The van der Waals surface area contributed by atoms with Gasteiger partial charge in [-0.05, 0) is 43.3 Å². The number of nitrogens with zero attached hydrogens (tertiary/aromatic N) is 1. The number of Topliss-reactive ketones (excluding diaryl/α,β-unsaturated/α-hetero) is 1. The summed E-state index contributed by atoms with van der Waals surface area (Å²) in [5, 5.41) is 0.750. The summed E-state index contributed by atoms with van der Waals surface area (Å²) in [5.74, 6) is -0.779. The standard InChI is InChI=1S/C20H18Cl2FNO4/c1-12(25)16-9-14(23)3-5-19(16)28-11-15-10-24(6-7-27-15)20(26)17-8-13(21)2-4-18(17)22/h2-5,8-9,15H,6-7,10-11H2,1H3. The molecule has 0 radical (unpaired) electrons. The summed E-state index contributed by atoms with van der Waals surface area (Å²) in [6.45, 7) is 2.49. The minimum Gasteiger partial charge on any atom is -0.490 e. The molecule has 1 unspecified atom stereocenters. The van der Waals surface area contributed by atoms with Crippen LogP contribution in [0.25, 0.3) is 0 Å². The van der Waals surface area contributed by atoms with Crippen molar-refractivity contribution in [1.29, 1.82) is 0 Å². The zero-order valence-corrected chi connectivity index (χ0v) is 16.6. The molecule has 1 atom stereocenters. The molecule has 0 aliphatic carbocycles. The van der Waals surface area contributed by atoms with Gasteiger partial charge in [-0.15, -0.1) is 0 Å². The highest BCUT2D eigenvalue weighted by molar-refractivity contribution is 6.35. The minimum absolute atomic E-state index is 0.110. The van der Waals surface area contributed by atoms with Crippen molar-refractivity contribution in [3.63, 3.8) is 0 Å². The molecule has 28 heavy (non-hydrogen) atoms. The van der Waals surface area contributed by atoms with Crippen LogP contribution in [-0.2, 0) is 4.74 Å². The van der Waals surface area contributed by atoms with Crippen LogP contribution in [0, 0.1) is 5.82 Å². The molecular formula is C20H18Cl2FNO4. The maximum atomic E-state index is 13.4. The van der Waals surface area contributed by atoms with Crippen LogP contribution in [0.5, 0.6) is 5.75 Å². The number of hydrogen-bond acceptors (Lipinski definition) is 4. The molecule has 0 spiro atoms. The number of morpholine rings is 1. The van der Waals surface area contributed by atoms with Crippen molar-refractivity contribution in [2.45, 2.75) is 13.0 Å². The Balaban J connectivity index is 1.67. The first-order valence-corrected chi connectivity index (χ1v) is 9.40. The summed E-state index contributed by atoms with van der Waals surface area (Å²) in [4.78, 5) is 26.1. The lowest BCUT2D eigenvalue weighted by molar-refractivity contribution is -0.0401. The number of hydrogen-bond donors (Lipinski definition) is 0. The van der Waals surface area contributed by atoms with E-state index >= 15 is 0 Å². The lowest BCUT2D eigenvalue weighted by Crippen LogP contribution is -2.47. The predicted molar refractivity (Wildman–Crippen MR) is 104 cm³/mol. The van der Waals surface area contributed by atoms with Gasteiger partial charge in [0.25, 0.3) is 5.91 Å². The van der Waals surface area contributed by atoms with Crippen LogP contribution in [0.3, 0.4) is 0 Å². The lowest BCUT2D eigenvalue weighted by atomic mass is 10.1. The Hall–Kier alpha value is -2.15. The normalized spacial score (nSPS) is 16.7. The SMILES string of the molecule is CC(=O)c1cc(F)ccc1OCC1CN(C(=O)c2cc(Cl)ccc2Cl)CCO1.